The van der Waals surface area contributed by atoms with Gasteiger partial charge >= 0.3 is 0 Å². The van der Waals surface area contributed by atoms with Crippen LogP contribution in [0.5, 0.6) is 17.2 Å². The number of carbonyl (C=O) groups is 1. The monoisotopic (exact) mass is 328 g/mol. The van der Waals surface area contributed by atoms with Gasteiger partial charge in [-0.05, 0) is 55.3 Å². The zero-order valence-electron chi connectivity index (χ0n) is 13.7. The molecule has 0 aliphatic carbocycles. The molecule has 2 aromatic carbocycles. The summed E-state index contributed by atoms with van der Waals surface area (Å²) in [5.74, 6) is 0.700. The highest BCUT2D eigenvalue weighted by Crippen LogP contribution is 2.26. The lowest BCUT2D eigenvalue weighted by atomic mass is 10.2. The van der Waals surface area contributed by atoms with Gasteiger partial charge in [-0.2, -0.15) is 5.10 Å². The maximum atomic E-state index is 11.7. The third-order valence-corrected chi connectivity index (χ3v) is 3.05. The maximum absolute atomic E-state index is 11.7. The quantitative estimate of drug-likeness (QED) is 0.605. The molecule has 2 N–H and O–H groups in total. The van der Waals surface area contributed by atoms with E-state index >= 15 is 0 Å². The van der Waals surface area contributed by atoms with Crippen molar-refractivity contribution in [2.24, 2.45) is 5.10 Å². The van der Waals surface area contributed by atoms with Crippen LogP contribution in [0.25, 0.3) is 0 Å². The van der Waals surface area contributed by atoms with Crippen molar-refractivity contribution in [2.75, 3.05) is 13.2 Å². The van der Waals surface area contributed by atoms with Crippen molar-refractivity contribution >= 4 is 12.1 Å². The van der Waals surface area contributed by atoms with E-state index in [0.29, 0.717) is 23.7 Å². The van der Waals surface area contributed by atoms with Crippen LogP contribution in [0.4, 0.5) is 0 Å². The first-order chi connectivity index (χ1) is 11.6. The fraction of sp³-hybridized carbons (Fsp3) is 0.222. The molecule has 126 valence electrons. The van der Waals surface area contributed by atoms with Gasteiger partial charge in [0.15, 0.2) is 18.1 Å². The van der Waals surface area contributed by atoms with Gasteiger partial charge in [0.05, 0.1) is 12.8 Å². The number of amides is 1. The molecule has 0 aromatic heterocycles. The molecule has 0 heterocycles. The van der Waals surface area contributed by atoms with Crippen LogP contribution in [0, 0.1) is 6.92 Å². The summed E-state index contributed by atoms with van der Waals surface area (Å²) < 4.78 is 10.7. The molecule has 24 heavy (non-hydrogen) atoms. The lowest BCUT2D eigenvalue weighted by molar-refractivity contribution is -0.123. The highest BCUT2D eigenvalue weighted by atomic mass is 16.5. The van der Waals surface area contributed by atoms with Crippen LogP contribution >= 0.6 is 0 Å². The Bertz CT molecular complexity index is 729. The SMILES string of the molecule is CCOc1cc(/C=N/NC(=O)COc2cccc(C)c2)ccc1O. The Morgan fingerprint density at radius 2 is 2.08 bits per heavy atom. The van der Waals surface area contributed by atoms with Gasteiger partial charge in [-0.1, -0.05) is 12.1 Å². The van der Waals surface area contributed by atoms with Gasteiger partial charge in [-0.15, -0.1) is 0 Å². The zero-order valence-corrected chi connectivity index (χ0v) is 13.7. The molecule has 6 heteroatoms. The lowest BCUT2D eigenvalue weighted by Crippen LogP contribution is -2.24. The summed E-state index contributed by atoms with van der Waals surface area (Å²) in [5.41, 5.74) is 4.13. The molecule has 1 amide bonds. The molecule has 0 saturated carbocycles. The highest BCUT2D eigenvalue weighted by Gasteiger charge is 2.03. The largest absolute Gasteiger partial charge is 0.504 e. The normalized spacial score (nSPS) is 10.6. The molecule has 0 spiro atoms. The first kappa shape index (κ1) is 17.3. The molecule has 2 rings (SSSR count). The number of aryl methyl sites for hydroxylation is 1. The summed E-state index contributed by atoms with van der Waals surface area (Å²) in [7, 11) is 0. The van der Waals surface area contributed by atoms with Gasteiger partial charge in [0, 0.05) is 0 Å². The summed E-state index contributed by atoms with van der Waals surface area (Å²) >= 11 is 0. The van der Waals surface area contributed by atoms with Crippen LogP contribution in [0.3, 0.4) is 0 Å². The van der Waals surface area contributed by atoms with Crippen molar-refractivity contribution < 1.29 is 19.4 Å². The Balaban J connectivity index is 1.85. The first-order valence-corrected chi connectivity index (χ1v) is 7.55. The number of phenols is 1. The van der Waals surface area contributed by atoms with Gasteiger partial charge in [0.25, 0.3) is 5.91 Å². The Kier molecular flexibility index (Phi) is 6.19. The van der Waals surface area contributed by atoms with Crippen molar-refractivity contribution in [3.63, 3.8) is 0 Å². The summed E-state index contributed by atoms with van der Waals surface area (Å²) in [4.78, 5) is 11.7. The van der Waals surface area contributed by atoms with Crippen LogP contribution in [0.1, 0.15) is 18.1 Å². The van der Waals surface area contributed by atoms with Crippen molar-refractivity contribution in [3.05, 3.63) is 53.6 Å². The zero-order chi connectivity index (χ0) is 17.4. The Labute approximate surface area is 140 Å². The van der Waals surface area contributed by atoms with E-state index in [2.05, 4.69) is 10.5 Å². The summed E-state index contributed by atoms with van der Waals surface area (Å²) in [6.45, 7) is 4.10. The van der Waals surface area contributed by atoms with Crippen LogP contribution in [0.15, 0.2) is 47.6 Å². The van der Waals surface area contributed by atoms with Crippen LogP contribution in [-0.2, 0) is 4.79 Å². The average Bonchev–Trinajstić information content (AvgIpc) is 2.56. The molecular weight excluding hydrogens is 308 g/mol. The first-order valence-electron chi connectivity index (χ1n) is 7.55. The van der Waals surface area contributed by atoms with Gasteiger partial charge in [0.2, 0.25) is 0 Å². The number of hydrogen-bond donors (Lipinski definition) is 2. The number of nitrogens with one attached hydrogen (secondary N) is 1. The minimum Gasteiger partial charge on any atom is -0.504 e. The second-order valence-corrected chi connectivity index (χ2v) is 5.06. The van der Waals surface area contributed by atoms with E-state index in [9.17, 15) is 9.90 Å². The molecule has 0 unspecified atom stereocenters. The smallest absolute Gasteiger partial charge is 0.277 e. The number of hydrogen-bond acceptors (Lipinski definition) is 5. The van der Waals surface area contributed by atoms with Crippen LogP contribution < -0.4 is 14.9 Å². The summed E-state index contributed by atoms with van der Waals surface area (Å²) in [6, 6.07) is 12.3. The number of hydrazone groups is 1. The summed E-state index contributed by atoms with van der Waals surface area (Å²) in [6.07, 6.45) is 1.46. The van der Waals surface area contributed by atoms with Gasteiger partial charge in [-0.3, -0.25) is 4.79 Å². The van der Waals surface area contributed by atoms with E-state index in [0.717, 1.165) is 5.56 Å². The second-order valence-electron chi connectivity index (χ2n) is 5.06. The number of aromatic hydroxyl groups is 1. The topological polar surface area (TPSA) is 80.2 Å². The van der Waals surface area contributed by atoms with Gasteiger partial charge < -0.3 is 14.6 Å². The number of ether oxygens (including phenoxy) is 2. The van der Waals surface area contributed by atoms with Crippen molar-refractivity contribution in [3.8, 4) is 17.2 Å². The molecule has 2 aromatic rings. The average molecular weight is 328 g/mol. The maximum Gasteiger partial charge on any atom is 0.277 e. The van der Waals surface area contributed by atoms with Crippen LogP contribution in [0.2, 0.25) is 0 Å². The third kappa shape index (κ3) is 5.31. The Morgan fingerprint density at radius 1 is 1.25 bits per heavy atom. The predicted molar refractivity (Wildman–Crippen MR) is 91.7 cm³/mol. The molecule has 6 nitrogen and oxygen atoms in total. The fourth-order valence-electron chi connectivity index (χ4n) is 1.95. The van der Waals surface area contributed by atoms with Crippen molar-refractivity contribution in [1.29, 1.82) is 0 Å². The van der Waals surface area contributed by atoms with Crippen molar-refractivity contribution in [2.45, 2.75) is 13.8 Å². The van der Waals surface area contributed by atoms with E-state index in [1.807, 2.05) is 32.0 Å². The van der Waals surface area contributed by atoms with E-state index in [4.69, 9.17) is 9.47 Å². The molecule has 0 fully saturated rings. The van der Waals surface area contributed by atoms with Crippen molar-refractivity contribution in [1.82, 2.24) is 5.43 Å². The standard InChI is InChI=1S/C18H20N2O4/c1-3-23-17-10-14(7-8-16(17)21)11-19-20-18(22)12-24-15-6-4-5-13(2)9-15/h4-11,21H,3,12H2,1-2H3,(H,20,22)/b19-11+. The lowest BCUT2D eigenvalue weighted by Gasteiger charge is -2.06. The molecular formula is C18H20N2O4. The van der Waals surface area contributed by atoms with E-state index in [-0.39, 0.29) is 18.3 Å². The Hall–Kier alpha value is -3.02. The number of rotatable bonds is 7. The van der Waals surface area contributed by atoms with E-state index in [1.54, 1.807) is 18.2 Å². The molecule has 0 aliphatic rings. The van der Waals surface area contributed by atoms with E-state index < -0.39 is 0 Å². The molecule has 0 bridgehead atoms. The summed E-state index contributed by atoms with van der Waals surface area (Å²) in [5, 5.41) is 13.5. The third-order valence-electron chi connectivity index (χ3n) is 3.05. The molecule has 0 aliphatic heterocycles. The van der Waals surface area contributed by atoms with E-state index in [1.165, 1.54) is 12.3 Å². The minimum atomic E-state index is -0.364. The number of benzene rings is 2. The van der Waals surface area contributed by atoms with Gasteiger partial charge in [0.1, 0.15) is 5.75 Å². The Morgan fingerprint density at radius 3 is 2.83 bits per heavy atom. The van der Waals surface area contributed by atoms with Crippen LogP contribution in [-0.4, -0.2) is 30.4 Å². The second kappa shape index (κ2) is 8.57. The number of nitrogens with zero attached hydrogens (tertiary/aromatic N) is 1. The number of phenolic OH excluding ortho intramolecular Hbond substituents is 1. The molecule has 0 saturated heterocycles. The highest BCUT2D eigenvalue weighted by molar-refractivity contribution is 5.83. The molecule has 0 atom stereocenters. The predicted octanol–water partition coefficient (Wildman–Crippen LogP) is 2.63. The van der Waals surface area contributed by atoms with Gasteiger partial charge in [-0.25, -0.2) is 5.43 Å². The minimum absolute atomic E-state index is 0.0598. The molecule has 0 radical (unpaired) electrons. The number of carbonyl (C=O) groups excluding carboxylic acids is 1. The fourth-order valence-corrected chi connectivity index (χ4v) is 1.95.